The van der Waals surface area contributed by atoms with Crippen molar-refractivity contribution in [2.75, 3.05) is 5.73 Å². The van der Waals surface area contributed by atoms with Crippen LogP contribution in [-0.4, -0.2) is 23.2 Å². The van der Waals surface area contributed by atoms with Gasteiger partial charge in [-0.3, -0.25) is 4.55 Å². The van der Waals surface area contributed by atoms with Crippen LogP contribution in [-0.2, 0) is 10.1 Å². The molecule has 0 unspecified atom stereocenters. The molecule has 0 aromatic heterocycles. The molecule has 0 saturated carbocycles. The third kappa shape index (κ3) is 2.19. The second kappa shape index (κ2) is 3.91. The number of benzene rings is 1. The minimum atomic E-state index is -4.67. The van der Waals surface area contributed by atoms with Crippen molar-refractivity contribution in [2.24, 2.45) is 0 Å². The number of nitrogens with two attached hydrogens (primary N) is 1. The van der Waals surface area contributed by atoms with Crippen molar-refractivity contribution in [3.05, 3.63) is 12.1 Å². The molecule has 1 rings (SSSR count). The molecule has 0 amide bonds. The highest BCUT2D eigenvalue weighted by Gasteiger charge is 2.22. The number of rotatable bonds is 1. The minimum absolute atomic E-state index is 0. The van der Waals surface area contributed by atoms with Gasteiger partial charge in [-0.2, -0.15) is 8.42 Å². The van der Waals surface area contributed by atoms with Crippen LogP contribution in [0.5, 0.6) is 11.5 Å². The monoisotopic (exact) mass is 241 g/mol. The van der Waals surface area contributed by atoms with E-state index in [-0.39, 0.29) is 18.1 Å². The lowest BCUT2D eigenvalue weighted by atomic mass is 10.3. The smallest absolute Gasteiger partial charge is 0.302 e. The molecular formula is C6H8ClNO5S. The summed E-state index contributed by atoms with van der Waals surface area (Å²) in [6.45, 7) is 0. The summed E-state index contributed by atoms with van der Waals surface area (Å²) < 4.78 is 29.8. The summed E-state index contributed by atoms with van der Waals surface area (Å²) in [6, 6.07) is 2.07. The molecule has 5 N–H and O–H groups in total. The zero-order valence-electron chi connectivity index (χ0n) is 6.71. The molecule has 0 heterocycles. The first-order valence-electron chi connectivity index (χ1n) is 3.12. The predicted molar refractivity (Wildman–Crippen MR) is 51.2 cm³/mol. The van der Waals surface area contributed by atoms with Crippen LogP contribution in [0.3, 0.4) is 0 Å². The van der Waals surface area contributed by atoms with Gasteiger partial charge in [0.25, 0.3) is 0 Å². The van der Waals surface area contributed by atoms with Crippen molar-refractivity contribution in [3.63, 3.8) is 0 Å². The van der Waals surface area contributed by atoms with Crippen LogP contribution in [0.1, 0.15) is 0 Å². The molecule has 8 heteroatoms. The number of nitrogen functional groups attached to an aromatic ring is 1. The fourth-order valence-electron chi connectivity index (χ4n) is 0.830. The quantitative estimate of drug-likeness (QED) is 0.244. The molecule has 0 atom stereocenters. The molecule has 0 radical (unpaired) electrons. The summed E-state index contributed by atoms with van der Waals surface area (Å²) in [6.07, 6.45) is 0. The van der Waals surface area contributed by atoms with Gasteiger partial charge in [0.15, 0.2) is 10.6 Å². The summed E-state index contributed by atoms with van der Waals surface area (Å²) in [5.74, 6) is -1.61. The van der Waals surface area contributed by atoms with Gasteiger partial charge in [0.1, 0.15) is 5.75 Å². The van der Waals surface area contributed by atoms with Crippen molar-refractivity contribution in [1.82, 2.24) is 0 Å². The predicted octanol–water partition coefficient (Wildman–Crippen LogP) is 0.349. The van der Waals surface area contributed by atoms with Crippen LogP contribution in [0.2, 0.25) is 0 Å². The van der Waals surface area contributed by atoms with E-state index in [1.54, 1.807) is 0 Å². The van der Waals surface area contributed by atoms with Crippen molar-refractivity contribution in [1.29, 1.82) is 0 Å². The molecule has 0 bridgehead atoms. The van der Waals surface area contributed by atoms with Gasteiger partial charge >= 0.3 is 10.1 Å². The zero-order chi connectivity index (χ0) is 10.2. The molecule has 14 heavy (non-hydrogen) atoms. The molecule has 0 saturated heterocycles. The third-order valence-electron chi connectivity index (χ3n) is 1.40. The lowest BCUT2D eigenvalue weighted by molar-refractivity contribution is 0.412. The van der Waals surface area contributed by atoms with Gasteiger partial charge in [-0.05, 0) is 12.1 Å². The Hall–Kier alpha value is -1.18. The van der Waals surface area contributed by atoms with E-state index in [9.17, 15) is 8.42 Å². The second-order valence-corrected chi connectivity index (χ2v) is 3.69. The van der Waals surface area contributed by atoms with Crippen LogP contribution < -0.4 is 5.73 Å². The van der Waals surface area contributed by atoms with E-state index >= 15 is 0 Å². The van der Waals surface area contributed by atoms with E-state index in [2.05, 4.69) is 0 Å². The molecule has 1 aromatic carbocycles. The number of anilines is 1. The molecule has 1 aromatic rings. The van der Waals surface area contributed by atoms with E-state index in [0.29, 0.717) is 0 Å². The zero-order valence-corrected chi connectivity index (χ0v) is 8.34. The highest BCUT2D eigenvalue weighted by Crippen LogP contribution is 2.35. The fraction of sp³-hybridized carbons (Fsp3) is 0. The van der Waals surface area contributed by atoms with Crippen LogP contribution >= 0.6 is 12.4 Å². The summed E-state index contributed by atoms with van der Waals surface area (Å²) in [5, 5.41) is 18.1. The second-order valence-electron chi connectivity index (χ2n) is 2.33. The van der Waals surface area contributed by atoms with Gasteiger partial charge in [-0.25, -0.2) is 0 Å². The number of halogens is 1. The average molecular weight is 242 g/mol. The Balaban J connectivity index is 0.00000169. The molecular weight excluding hydrogens is 234 g/mol. The maximum atomic E-state index is 10.6. The van der Waals surface area contributed by atoms with Gasteiger partial charge in [0.2, 0.25) is 0 Å². The van der Waals surface area contributed by atoms with Crippen molar-refractivity contribution in [2.45, 2.75) is 4.90 Å². The number of hydrogen-bond donors (Lipinski definition) is 4. The minimum Gasteiger partial charge on any atom is -0.506 e. The van der Waals surface area contributed by atoms with E-state index in [4.69, 9.17) is 20.5 Å². The average Bonchev–Trinajstić information content (AvgIpc) is 1.95. The maximum absolute atomic E-state index is 10.6. The molecule has 0 spiro atoms. The molecule has 0 aliphatic carbocycles. The lowest BCUT2D eigenvalue weighted by Crippen LogP contribution is -2.00. The Labute approximate surface area is 86.1 Å². The Bertz CT molecular complexity index is 444. The SMILES string of the molecule is Cl.Nc1ccc(O)c(S(=O)(=O)O)c1O. The Kier molecular flexibility index (Phi) is 3.58. The van der Waals surface area contributed by atoms with Gasteiger partial charge in [0.05, 0.1) is 5.69 Å². The third-order valence-corrected chi connectivity index (χ3v) is 2.32. The maximum Gasteiger partial charge on any atom is 0.302 e. The highest BCUT2D eigenvalue weighted by molar-refractivity contribution is 7.86. The molecule has 0 aliphatic rings. The highest BCUT2D eigenvalue weighted by atomic mass is 35.5. The first kappa shape index (κ1) is 12.8. The van der Waals surface area contributed by atoms with Crippen molar-refractivity contribution in [3.8, 4) is 11.5 Å². The van der Waals surface area contributed by atoms with Gasteiger partial charge in [-0.1, -0.05) is 0 Å². The van der Waals surface area contributed by atoms with Crippen LogP contribution in [0.25, 0.3) is 0 Å². The van der Waals surface area contributed by atoms with Crippen molar-refractivity contribution >= 4 is 28.2 Å². The molecule has 80 valence electrons. The number of hydrogen-bond acceptors (Lipinski definition) is 5. The topological polar surface area (TPSA) is 121 Å². The van der Waals surface area contributed by atoms with Crippen LogP contribution in [0.4, 0.5) is 5.69 Å². The Morgan fingerprint density at radius 1 is 1.21 bits per heavy atom. The number of aromatic hydroxyl groups is 2. The van der Waals surface area contributed by atoms with Gasteiger partial charge in [-0.15, -0.1) is 12.4 Å². The first-order valence-corrected chi connectivity index (χ1v) is 4.56. The Morgan fingerprint density at radius 3 is 2.07 bits per heavy atom. The van der Waals surface area contributed by atoms with E-state index in [1.165, 1.54) is 0 Å². The molecule has 6 nitrogen and oxygen atoms in total. The summed E-state index contributed by atoms with van der Waals surface area (Å²) in [4.78, 5) is -0.979. The number of phenols is 2. The Morgan fingerprint density at radius 2 is 1.71 bits per heavy atom. The normalized spacial score (nSPS) is 10.6. The van der Waals surface area contributed by atoms with Gasteiger partial charge in [0, 0.05) is 0 Å². The van der Waals surface area contributed by atoms with E-state index < -0.39 is 26.5 Å². The largest absolute Gasteiger partial charge is 0.506 e. The van der Waals surface area contributed by atoms with E-state index in [0.717, 1.165) is 12.1 Å². The summed E-state index contributed by atoms with van der Waals surface area (Å²) in [7, 11) is -4.67. The van der Waals surface area contributed by atoms with Crippen molar-refractivity contribution < 1.29 is 23.2 Å². The lowest BCUT2D eigenvalue weighted by Gasteiger charge is -2.05. The van der Waals surface area contributed by atoms with Crippen LogP contribution in [0, 0.1) is 0 Å². The number of phenolic OH excluding ortho intramolecular Hbond substituents is 2. The standard InChI is InChI=1S/C6H7NO5S.ClH/c7-3-1-2-4(8)6(5(3)9)13(10,11)12;/h1-2,8-9H,7H2,(H,10,11,12);1H. The van der Waals surface area contributed by atoms with Gasteiger partial charge < -0.3 is 15.9 Å². The fourth-order valence-corrected chi connectivity index (χ4v) is 1.52. The molecule has 0 fully saturated rings. The summed E-state index contributed by atoms with van der Waals surface area (Å²) in [5.41, 5.74) is 4.90. The first-order chi connectivity index (χ1) is 5.84. The molecule has 0 aliphatic heterocycles. The van der Waals surface area contributed by atoms with E-state index in [1.807, 2.05) is 0 Å². The summed E-state index contributed by atoms with van der Waals surface area (Å²) >= 11 is 0. The van der Waals surface area contributed by atoms with Crippen LogP contribution in [0.15, 0.2) is 17.0 Å².